The molecule has 0 aliphatic carbocycles. The van der Waals surface area contributed by atoms with Crippen LogP contribution in [0.3, 0.4) is 0 Å². The molecule has 0 radical (unpaired) electrons. The fourth-order valence-electron chi connectivity index (χ4n) is 1.77. The van der Waals surface area contributed by atoms with Gasteiger partial charge in [0, 0.05) is 0 Å². The Morgan fingerprint density at radius 3 is 1.80 bits per heavy atom. The third-order valence-corrected chi connectivity index (χ3v) is 3.03. The first-order chi connectivity index (χ1) is 7.35. The Morgan fingerprint density at radius 2 is 1.33 bits per heavy atom. The van der Waals surface area contributed by atoms with Crippen LogP contribution in [0.15, 0.2) is 0 Å². The van der Waals surface area contributed by atoms with Gasteiger partial charge in [-0.1, -0.05) is 52.9 Å². The molecule has 1 rings (SSSR count). The highest BCUT2D eigenvalue weighted by atomic mass is 15.1. The molecular weight excluding hydrogens is 182 g/mol. The maximum absolute atomic E-state index is 2.62. The van der Waals surface area contributed by atoms with Crippen molar-refractivity contribution in [1.29, 1.82) is 0 Å². The highest BCUT2D eigenvalue weighted by molar-refractivity contribution is 4.63. The Morgan fingerprint density at radius 1 is 0.733 bits per heavy atom. The van der Waals surface area contributed by atoms with Crippen LogP contribution in [0.2, 0.25) is 0 Å². The number of piperidine rings is 1. The SMILES string of the molecule is CCCC.CCCCCN1CCCCC1. The minimum Gasteiger partial charge on any atom is -0.303 e. The number of hydrogen-bond donors (Lipinski definition) is 0. The second kappa shape index (κ2) is 12.0. The summed E-state index contributed by atoms with van der Waals surface area (Å²) in [5.74, 6) is 0. The standard InChI is InChI=1S/C10H21N.C4H10/c1-2-3-5-8-11-9-6-4-7-10-11;1-3-4-2/h2-10H2,1H3;3-4H2,1-2H3. The van der Waals surface area contributed by atoms with Gasteiger partial charge in [0.15, 0.2) is 0 Å². The average Bonchev–Trinajstić information content (AvgIpc) is 2.31. The van der Waals surface area contributed by atoms with Gasteiger partial charge in [0.1, 0.15) is 0 Å². The zero-order chi connectivity index (χ0) is 11.4. The number of hydrogen-bond acceptors (Lipinski definition) is 1. The molecule has 1 heterocycles. The van der Waals surface area contributed by atoms with Gasteiger partial charge < -0.3 is 4.90 Å². The van der Waals surface area contributed by atoms with E-state index in [1.807, 2.05) is 0 Å². The summed E-state index contributed by atoms with van der Waals surface area (Å²) in [6.45, 7) is 10.7. The van der Waals surface area contributed by atoms with Gasteiger partial charge in [0.25, 0.3) is 0 Å². The van der Waals surface area contributed by atoms with E-state index < -0.39 is 0 Å². The Bertz CT molecular complexity index is 104. The van der Waals surface area contributed by atoms with E-state index in [1.165, 1.54) is 71.0 Å². The van der Waals surface area contributed by atoms with E-state index in [4.69, 9.17) is 0 Å². The van der Waals surface area contributed by atoms with Crippen LogP contribution in [0.25, 0.3) is 0 Å². The Balaban J connectivity index is 0.000000423. The van der Waals surface area contributed by atoms with Gasteiger partial charge in [-0.05, 0) is 38.9 Å². The molecule has 0 bridgehead atoms. The van der Waals surface area contributed by atoms with Crippen molar-refractivity contribution in [3.8, 4) is 0 Å². The van der Waals surface area contributed by atoms with Crippen molar-refractivity contribution in [1.82, 2.24) is 4.90 Å². The van der Waals surface area contributed by atoms with E-state index in [9.17, 15) is 0 Å². The summed E-state index contributed by atoms with van der Waals surface area (Å²) in [4.78, 5) is 2.62. The van der Waals surface area contributed by atoms with Gasteiger partial charge in [0.2, 0.25) is 0 Å². The van der Waals surface area contributed by atoms with E-state index in [-0.39, 0.29) is 0 Å². The molecule has 92 valence electrons. The predicted octanol–water partition coefficient (Wildman–Crippen LogP) is 4.47. The summed E-state index contributed by atoms with van der Waals surface area (Å²) in [6, 6.07) is 0. The lowest BCUT2D eigenvalue weighted by molar-refractivity contribution is 0.224. The molecule has 1 aliphatic rings. The first-order valence-corrected chi connectivity index (χ1v) is 7.07. The molecule has 0 atom stereocenters. The fraction of sp³-hybridized carbons (Fsp3) is 1.00. The van der Waals surface area contributed by atoms with Gasteiger partial charge in [-0.15, -0.1) is 0 Å². The molecule has 0 aromatic heterocycles. The van der Waals surface area contributed by atoms with E-state index in [0.29, 0.717) is 0 Å². The van der Waals surface area contributed by atoms with Crippen LogP contribution in [-0.2, 0) is 0 Å². The molecule has 1 saturated heterocycles. The van der Waals surface area contributed by atoms with Crippen LogP contribution in [0.4, 0.5) is 0 Å². The summed E-state index contributed by atoms with van der Waals surface area (Å²) in [5.41, 5.74) is 0. The van der Waals surface area contributed by atoms with Gasteiger partial charge in [-0.2, -0.15) is 0 Å². The van der Waals surface area contributed by atoms with Crippen LogP contribution in [0.1, 0.15) is 72.1 Å². The first kappa shape index (κ1) is 15.0. The van der Waals surface area contributed by atoms with E-state index >= 15 is 0 Å². The number of rotatable bonds is 5. The smallest absolute Gasteiger partial charge is 0.00187 e. The second-order valence-electron chi connectivity index (χ2n) is 4.61. The molecule has 0 spiro atoms. The van der Waals surface area contributed by atoms with Crippen molar-refractivity contribution in [3.05, 3.63) is 0 Å². The van der Waals surface area contributed by atoms with Crippen molar-refractivity contribution in [2.75, 3.05) is 19.6 Å². The summed E-state index contributed by atoms with van der Waals surface area (Å²) in [7, 11) is 0. The molecule has 0 saturated carbocycles. The molecule has 1 nitrogen and oxygen atoms in total. The van der Waals surface area contributed by atoms with Crippen LogP contribution in [0.5, 0.6) is 0 Å². The quantitative estimate of drug-likeness (QED) is 0.609. The molecule has 0 N–H and O–H groups in total. The Hall–Kier alpha value is -0.0400. The molecule has 1 heteroatoms. The molecule has 1 fully saturated rings. The Kier molecular flexibility index (Phi) is 12.0. The van der Waals surface area contributed by atoms with E-state index in [0.717, 1.165) is 0 Å². The Labute approximate surface area is 97.2 Å². The van der Waals surface area contributed by atoms with Crippen molar-refractivity contribution in [2.24, 2.45) is 0 Å². The molecule has 15 heavy (non-hydrogen) atoms. The van der Waals surface area contributed by atoms with Crippen molar-refractivity contribution < 1.29 is 0 Å². The number of likely N-dealkylation sites (tertiary alicyclic amines) is 1. The third kappa shape index (κ3) is 10.2. The minimum atomic E-state index is 1.32. The molecular formula is C14H31N. The third-order valence-electron chi connectivity index (χ3n) is 3.03. The van der Waals surface area contributed by atoms with E-state index in [1.54, 1.807) is 0 Å². The fourth-order valence-corrected chi connectivity index (χ4v) is 1.77. The largest absolute Gasteiger partial charge is 0.303 e. The van der Waals surface area contributed by atoms with Crippen LogP contribution in [0, 0.1) is 0 Å². The van der Waals surface area contributed by atoms with Crippen LogP contribution < -0.4 is 0 Å². The lowest BCUT2D eigenvalue weighted by atomic mass is 10.1. The van der Waals surface area contributed by atoms with Gasteiger partial charge in [-0.25, -0.2) is 0 Å². The average molecular weight is 213 g/mol. The number of unbranched alkanes of at least 4 members (excludes halogenated alkanes) is 3. The predicted molar refractivity (Wildman–Crippen MR) is 70.4 cm³/mol. The summed E-state index contributed by atoms with van der Waals surface area (Å²) < 4.78 is 0. The van der Waals surface area contributed by atoms with Gasteiger partial charge in [-0.3, -0.25) is 0 Å². The normalized spacial score (nSPS) is 17.0. The summed E-state index contributed by atoms with van der Waals surface area (Å²) in [6.07, 6.45) is 11.2. The highest BCUT2D eigenvalue weighted by Crippen LogP contribution is 2.09. The lowest BCUT2D eigenvalue weighted by Gasteiger charge is -2.26. The number of nitrogens with zero attached hydrogens (tertiary/aromatic N) is 1. The highest BCUT2D eigenvalue weighted by Gasteiger charge is 2.08. The first-order valence-electron chi connectivity index (χ1n) is 7.07. The lowest BCUT2D eigenvalue weighted by Crippen LogP contribution is -2.30. The molecule has 0 aromatic rings. The van der Waals surface area contributed by atoms with Crippen molar-refractivity contribution in [3.63, 3.8) is 0 Å². The minimum absolute atomic E-state index is 1.32. The van der Waals surface area contributed by atoms with Gasteiger partial charge >= 0.3 is 0 Å². The van der Waals surface area contributed by atoms with Crippen LogP contribution in [-0.4, -0.2) is 24.5 Å². The maximum atomic E-state index is 2.62. The van der Waals surface area contributed by atoms with E-state index in [2.05, 4.69) is 25.7 Å². The molecule has 0 aromatic carbocycles. The zero-order valence-electron chi connectivity index (χ0n) is 11.2. The van der Waals surface area contributed by atoms with Gasteiger partial charge in [0.05, 0.1) is 0 Å². The van der Waals surface area contributed by atoms with Crippen molar-refractivity contribution >= 4 is 0 Å². The maximum Gasteiger partial charge on any atom is -0.00187 e. The molecule has 0 amide bonds. The van der Waals surface area contributed by atoms with Crippen molar-refractivity contribution in [2.45, 2.75) is 72.1 Å². The zero-order valence-corrected chi connectivity index (χ0v) is 11.2. The van der Waals surface area contributed by atoms with Crippen LogP contribution >= 0.6 is 0 Å². The molecule has 1 aliphatic heterocycles. The summed E-state index contributed by atoms with van der Waals surface area (Å²) in [5, 5.41) is 0. The monoisotopic (exact) mass is 213 g/mol. The summed E-state index contributed by atoms with van der Waals surface area (Å²) >= 11 is 0. The second-order valence-corrected chi connectivity index (χ2v) is 4.61. The topological polar surface area (TPSA) is 3.24 Å². The molecule has 0 unspecified atom stereocenters.